The minimum absolute atomic E-state index is 0.0277. The third-order valence-corrected chi connectivity index (χ3v) is 4.22. The number of ether oxygens (including phenoxy) is 1. The molecule has 0 radical (unpaired) electrons. The van der Waals surface area contributed by atoms with Crippen molar-refractivity contribution in [3.8, 4) is 0 Å². The van der Waals surface area contributed by atoms with Crippen LogP contribution in [0.15, 0.2) is 42.6 Å². The molecule has 1 aliphatic heterocycles. The second-order valence-electron chi connectivity index (χ2n) is 6.15. The predicted molar refractivity (Wildman–Crippen MR) is 94.9 cm³/mol. The zero-order chi connectivity index (χ0) is 16.8. The van der Waals surface area contributed by atoms with Crippen molar-refractivity contribution in [1.82, 2.24) is 4.98 Å². The van der Waals surface area contributed by atoms with Gasteiger partial charge in [0.15, 0.2) is 0 Å². The second kappa shape index (κ2) is 7.93. The molecule has 1 aliphatic rings. The number of benzene rings is 1. The molecular weight excluding hydrogens is 302 g/mol. The Labute approximate surface area is 142 Å². The maximum absolute atomic E-state index is 12.2. The van der Waals surface area contributed by atoms with E-state index in [2.05, 4.69) is 46.8 Å². The third kappa shape index (κ3) is 4.55. The maximum atomic E-state index is 12.2. The fourth-order valence-electron chi connectivity index (χ4n) is 2.67. The lowest BCUT2D eigenvalue weighted by molar-refractivity contribution is -0.122. The minimum Gasteiger partial charge on any atom is -0.381 e. The highest BCUT2D eigenvalue weighted by atomic mass is 16.5. The number of nitrogens with zero attached hydrogens (tertiary/aromatic N) is 1. The average molecular weight is 325 g/mol. The van der Waals surface area contributed by atoms with Crippen LogP contribution in [-0.4, -0.2) is 24.1 Å². The van der Waals surface area contributed by atoms with Gasteiger partial charge in [-0.05, 0) is 37.5 Å². The summed E-state index contributed by atoms with van der Waals surface area (Å²) in [5.41, 5.74) is 3.40. The smallest absolute Gasteiger partial charge is 0.228 e. The number of pyridine rings is 1. The largest absolute Gasteiger partial charge is 0.381 e. The Morgan fingerprint density at radius 2 is 1.92 bits per heavy atom. The van der Waals surface area contributed by atoms with Crippen LogP contribution in [0.2, 0.25) is 0 Å². The molecule has 1 saturated heterocycles. The van der Waals surface area contributed by atoms with E-state index in [9.17, 15) is 4.79 Å². The molecule has 2 N–H and O–H groups in total. The first-order valence-corrected chi connectivity index (χ1v) is 8.35. The lowest BCUT2D eigenvalue weighted by Gasteiger charge is -2.20. The lowest BCUT2D eigenvalue weighted by atomic mass is 9.99. The molecule has 126 valence electrons. The topological polar surface area (TPSA) is 63.2 Å². The number of carbonyl (C=O) groups excluding carboxylic acids is 1. The van der Waals surface area contributed by atoms with Crippen molar-refractivity contribution in [3.05, 3.63) is 53.7 Å². The van der Waals surface area contributed by atoms with Gasteiger partial charge in [0.1, 0.15) is 5.82 Å². The van der Waals surface area contributed by atoms with E-state index in [1.54, 1.807) is 6.20 Å². The number of anilines is 2. The molecule has 0 bridgehead atoms. The number of rotatable bonds is 5. The molecule has 1 fully saturated rings. The summed E-state index contributed by atoms with van der Waals surface area (Å²) in [6.45, 7) is 4.14. The standard InChI is InChI=1S/C19H23N3O2/c1-14-2-4-15(5-3-14)12-20-17-6-7-18(21-13-17)22-19(23)16-8-10-24-11-9-16/h2-7,13,16,20H,8-12H2,1H3,(H,21,22,23). The van der Waals surface area contributed by atoms with Crippen molar-refractivity contribution in [2.75, 3.05) is 23.8 Å². The van der Waals surface area contributed by atoms with E-state index < -0.39 is 0 Å². The molecule has 1 amide bonds. The van der Waals surface area contributed by atoms with E-state index in [0.29, 0.717) is 19.0 Å². The summed E-state index contributed by atoms with van der Waals surface area (Å²) in [5.74, 6) is 0.651. The van der Waals surface area contributed by atoms with Gasteiger partial charge in [-0.3, -0.25) is 4.79 Å². The molecule has 5 heteroatoms. The van der Waals surface area contributed by atoms with Crippen LogP contribution in [0.4, 0.5) is 11.5 Å². The van der Waals surface area contributed by atoms with Gasteiger partial charge < -0.3 is 15.4 Å². The first kappa shape index (κ1) is 16.5. The van der Waals surface area contributed by atoms with Gasteiger partial charge in [-0.2, -0.15) is 0 Å². The SMILES string of the molecule is Cc1ccc(CNc2ccc(NC(=O)C3CCOCC3)nc2)cc1. The number of aryl methyl sites for hydroxylation is 1. The van der Waals surface area contributed by atoms with Crippen LogP contribution < -0.4 is 10.6 Å². The van der Waals surface area contributed by atoms with Gasteiger partial charge in [-0.15, -0.1) is 0 Å². The summed E-state index contributed by atoms with van der Waals surface area (Å²) in [5, 5.41) is 6.22. The second-order valence-corrected chi connectivity index (χ2v) is 6.15. The minimum atomic E-state index is 0.0277. The molecule has 1 aromatic carbocycles. The number of nitrogens with one attached hydrogen (secondary N) is 2. The van der Waals surface area contributed by atoms with Gasteiger partial charge in [-0.25, -0.2) is 4.98 Å². The summed E-state index contributed by atoms with van der Waals surface area (Å²) < 4.78 is 5.28. The summed E-state index contributed by atoms with van der Waals surface area (Å²) in [6.07, 6.45) is 3.30. The van der Waals surface area contributed by atoms with Gasteiger partial charge in [-0.1, -0.05) is 29.8 Å². The van der Waals surface area contributed by atoms with E-state index in [1.807, 2.05) is 12.1 Å². The van der Waals surface area contributed by atoms with Crippen LogP contribution >= 0.6 is 0 Å². The van der Waals surface area contributed by atoms with Crippen LogP contribution in [-0.2, 0) is 16.1 Å². The number of amides is 1. The Morgan fingerprint density at radius 3 is 2.58 bits per heavy atom. The quantitative estimate of drug-likeness (QED) is 0.885. The molecule has 3 rings (SSSR count). The molecule has 0 saturated carbocycles. The summed E-state index contributed by atoms with van der Waals surface area (Å²) >= 11 is 0. The Hall–Kier alpha value is -2.40. The highest BCUT2D eigenvalue weighted by molar-refractivity contribution is 5.91. The Kier molecular flexibility index (Phi) is 5.43. The van der Waals surface area contributed by atoms with Gasteiger partial charge in [0.25, 0.3) is 0 Å². The first-order chi connectivity index (χ1) is 11.7. The van der Waals surface area contributed by atoms with Crippen molar-refractivity contribution >= 4 is 17.4 Å². The zero-order valence-corrected chi connectivity index (χ0v) is 13.9. The summed E-state index contributed by atoms with van der Waals surface area (Å²) in [4.78, 5) is 16.5. The van der Waals surface area contributed by atoms with Crippen LogP contribution in [0, 0.1) is 12.8 Å². The molecule has 24 heavy (non-hydrogen) atoms. The van der Waals surface area contributed by atoms with E-state index in [1.165, 1.54) is 11.1 Å². The highest BCUT2D eigenvalue weighted by Crippen LogP contribution is 2.18. The third-order valence-electron chi connectivity index (χ3n) is 4.22. The average Bonchev–Trinajstić information content (AvgIpc) is 2.63. The van der Waals surface area contributed by atoms with Gasteiger partial charge in [0.2, 0.25) is 5.91 Å². The van der Waals surface area contributed by atoms with E-state index in [-0.39, 0.29) is 11.8 Å². The number of hydrogen-bond donors (Lipinski definition) is 2. The van der Waals surface area contributed by atoms with Crippen molar-refractivity contribution in [3.63, 3.8) is 0 Å². The van der Waals surface area contributed by atoms with Gasteiger partial charge in [0.05, 0.1) is 11.9 Å². The molecular formula is C19H23N3O2. The normalized spacial score (nSPS) is 15.0. The zero-order valence-electron chi connectivity index (χ0n) is 13.9. The van der Waals surface area contributed by atoms with E-state index in [4.69, 9.17) is 4.74 Å². The molecule has 0 atom stereocenters. The summed E-state index contributed by atoms with van der Waals surface area (Å²) in [7, 11) is 0. The molecule has 5 nitrogen and oxygen atoms in total. The molecule has 0 spiro atoms. The Bertz CT molecular complexity index is 662. The summed E-state index contributed by atoms with van der Waals surface area (Å²) in [6, 6.07) is 12.2. The van der Waals surface area contributed by atoms with Crippen LogP contribution in [0.25, 0.3) is 0 Å². The van der Waals surface area contributed by atoms with Crippen molar-refractivity contribution in [2.45, 2.75) is 26.3 Å². The van der Waals surface area contributed by atoms with E-state index in [0.717, 1.165) is 25.1 Å². The van der Waals surface area contributed by atoms with Crippen molar-refractivity contribution < 1.29 is 9.53 Å². The van der Waals surface area contributed by atoms with Gasteiger partial charge in [0, 0.05) is 25.7 Å². The number of aromatic nitrogens is 1. The molecule has 2 heterocycles. The van der Waals surface area contributed by atoms with Crippen LogP contribution in [0.1, 0.15) is 24.0 Å². The Morgan fingerprint density at radius 1 is 1.17 bits per heavy atom. The highest BCUT2D eigenvalue weighted by Gasteiger charge is 2.21. The fourth-order valence-corrected chi connectivity index (χ4v) is 2.67. The lowest BCUT2D eigenvalue weighted by Crippen LogP contribution is -2.28. The fraction of sp³-hybridized carbons (Fsp3) is 0.368. The van der Waals surface area contributed by atoms with Crippen LogP contribution in [0.5, 0.6) is 0 Å². The number of carbonyl (C=O) groups is 1. The first-order valence-electron chi connectivity index (χ1n) is 8.35. The molecule has 2 aromatic rings. The maximum Gasteiger partial charge on any atom is 0.228 e. The predicted octanol–water partition coefficient (Wildman–Crippen LogP) is 3.37. The van der Waals surface area contributed by atoms with Crippen molar-refractivity contribution in [2.24, 2.45) is 5.92 Å². The molecule has 1 aromatic heterocycles. The molecule has 0 unspecified atom stereocenters. The van der Waals surface area contributed by atoms with E-state index >= 15 is 0 Å². The number of hydrogen-bond acceptors (Lipinski definition) is 4. The van der Waals surface area contributed by atoms with Crippen molar-refractivity contribution in [1.29, 1.82) is 0 Å². The monoisotopic (exact) mass is 325 g/mol. The van der Waals surface area contributed by atoms with Crippen LogP contribution in [0.3, 0.4) is 0 Å². The molecule has 0 aliphatic carbocycles. The van der Waals surface area contributed by atoms with Gasteiger partial charge >= 0.3 is 0 Å². The Balaban J connectivity index is 1.51.